The maximum Gasteiger partial charge on any atom is 0.273 e. The number of nitro groups is 1. The third kappa shape index (κ3) is 4.36. The molecule has 1 fully saturated rings. The van der Waals surface area contributed by atoms with Crippen molar-refractivity contribution in [3.63, 3.8) is 0 Å². The summed E-state index contributed by atoms with van der Waals surface area (Å²) in [6.45, 7) is 1.38. The van der Waals surface area contributed by atoms with Crippen LogP contribution in [0.4, 0.5) is 5.69 Å². The molecule has 1 heterocycles. The molecule has 3 rings (SSSR count). The molecule has 1 amide bonds. The van der Waals surface area contributed by atoms with Gasteiger partial charge in [0.25, 0.3) is 11.6 Å². The Labute approximate surface area is 157 Å². The quantitative estimate of drug-likeness (QED) is 0.571. The van der Waals surface area contributed by atoms with Crippen LogP contribution in [0.3, 0.4) is 0 Å². The van der Waals surface area contributed by atoms with Crippen molar-refractivity contribution >= 4 is 11.6 Å². The van der Waals surface area contributed by atoms with E-state index in [4.69, 9.17) is 9.47 Å². The van der Waals surface area contributed by atoms with Crippen molar-refractivity contribution in [2.24, 2.45) is 0 Å². The Bertz CT molecular complexity index is 803. The zero-order valence-electron chi connectivity index (χ0n) is 15.2. The molecule has 7 heteroatoms. The van der Waals surface area contributed by atoms with Gasteiger partial charge in [-0.15, -0.1) is 0 Å². The van der Waals surface area contributed by atoms with Gasteiger partial charge in [0.1, 0.15) is 0 Å². The van der Waals surface area contributed by atoms with Crippen molar-refractivity contribution in [1.29, 1.82) is 0 Å². The lowest BCUT2D eigenvalue weighted by Gasteiger charge is -2.31. The van der Waals surface area contributed by atoms with Gasteiger partial charge in [0.05, 0.1) is 18.1 Å². The predicted molar refractivity (Wildman–Crippen MR) is 99.9 cm³/mol. The Morgan fingerprint density at radius 2 is 1.78 bits per heavy atom. The van der Waals surface area contributed by atoms with Gasteiger partial charge in [0.15, 0.2) is 11.5 Å². The summed E-state index contributed by atoms with van der Waals surface area (Å²) in [6, 6.07) is 13.3. The van der Waals surface area contributed by atoms with E-state index in [1.165, 1.54) is 25.3 Å². The van der Waals surface area contributed by atoms with Crippen molar-refractivity contribution < 1.29 is 19.2 Å². The second-order valence-corrected chi connectivity index (χ2v) is 6.39. The molecule has 1 aliphatic heterocycles. The van der Waals surface area contributed by atoms with E-state index in [9.17, 15) is 14.9 Å². The van der Waals surface area contributed by atoms with Crippen molar-refractivity contribution in [1.82, 2.24) is 4.90 Å². The normalized spacial score (nSPS) is 15.1. The van der Waals surface area contributed by atoms with E-state index in [0.29, 0.717) is 24.4 Å². The number of carbonyl (C=O) groups excluding carboxylic acids is 1. The Balaban J connectivity index is 1.95. The zero-order valence-corrected chi connectivity index (χ0v) is 15.2. The Hall–Kier alpha value is -3.09. The highest BCUT2D eigenvalue weighted by molar-refractivity contribution is 5.83. The Kier molecular flexibility index (Phi) is 5.90. The molecule has 1 aliphatic rings. The predicted octanol–water partition coefficient (Wildman–Crippen LogP) is 3.74. The molecule has 0 spiro atoms. The van der Waals surface area contributed by atoms with Crippen LogP contribution in [0.25, 0.3) is 0 Å². The molecular formula is C20H22N2O5. The average Bonchev–Trinajstić information content (AvgIpc) is 2.72. The highest BCUT2D eigenvalue weighted by Gasteiger charge is 2.30. The summed E-state index contributed by atoms with van der Waals surface area (Å²) < 4.78 is 11.3. The molecule has 7 nitrogen and oxygen atoms in total. The van der Waals surface area contributed by atoms with Crippen LogP contribution in [0.5, 0.6) is 11.5 Å². The third-order valence-electron chi connectivity index (χ3n) is 4.60. The van der Waals surface area contributed by atoms with Crippen LogP contribution in [0.2, 0.25) is 0 Å². The van der Waals surface area contributed by atoms with Gasteiger partial charge < -0.3 is 14.4 Å². The van der Waals surface area contributed by atoms with E-state index in [2.05, 4.69) is 0 Å². The molecule has 0 radical (unpaired) electrons. The van der Waals surface area contributed by atoms with Crippen LogP contribution in [0, 0.1) is 10.1 Å². The van der Waals surface area contributed by atoms with Crippen molar-refractivity contribution in [2.45, 2.75) is 25.4 Å². The molecule has 0 saturated carbocycles. The van der Waals surface area contributed by atoms with Gasteiger partial charge in [-0.25, -0.2) is 0 Å². The molecule has 1 atom stereocenters. The first-order valence-electron chi connectivity index (χ1n) is 8.93. The minimum atomic E-state index is -0.889. The molecule has 1 saturated heterocycles. The lowest BCUT2D eigenvalue weighted by molar-refractivity contribution is -0.385. The number of ether oxygens (including phenoxy) is 2. The van der Waals surface area contributed by atoms with Crippen molar-refractivity contribution in [2.75, 3.05) is 20.2 Å². The van der Waals surface area contributed by atoms with E-state index >= 15 is 0 Å². The maximum atomic E-state index is 13.1. The number of methoxy groups -OCH3 is 1. The van der Waals surface area contributed by atoms with Gasteiger partial charge in [-0.1, -0.05) is 30.3 Å². The van der Waals surface area contributed by atoms with E-state index in [0.717, 1.165) is 19.3 Å². The minimum absolute atomic E-state index is 0.122. The number of nitrogens with zero attached hydrogens (tertiary/aromatic N) is 2. The van der Waals surface area contributed by atoms with Gasteiger partial charge in [-0.05, 0) is 25.3 Å². The summed E-state index contributed by atoms with van der Waals surface area (Å²) in [5.74, 6) is 0.369. The highest BCUT2D eigenvalue weighted by atomic mass is 16.6. The summed E-state index contributed by atoms with van der Waals surface area (Å²) in [6.07, 6.45) is 2.15. The number of likely N-dealkylation sites (tertiary alicyclic amines) is 1. The lowest BCUT2D eigenvalue weighted by atomic mass is 10.1. The number of benzene rings is 2. The summed E-state index contributed by atoms with van der Waals surface area (Å²) in [4.78, 5) is 25.6. The average molecular weight is 370 g/mol. The summed E-state index contributed by atoms with van der Waals surface area (Å²) in [7, 11) is 1.46. The van der Waals surface area contributed by atoms with Crippen LogP contribution in [0.15, 0.2) is 48.5 Å². The van der Waals surface area contributed by atoms with Crippen LogP contribution >= 0.6 is 0 Å². The number of carbonyl (C=O) groups is 1. The number of amides is 1. The molecule has 0 N–H and O–H groups in total. The first kappa shape index (κ1) is 18.7. The van der Waals surface area contributed by atoms with Crippen molar-refractivity contribution in [3.05, 3.63) is 64.2 Å². The van der Waals surface area contributed by atoms with E-state index in [-0.39, 0.29) is 17.3 Å². The molecule has 27 heavy (non-hydrogen) atoms. The fourth-order valence-corrected chi connectivity index (χ4v) is 3.17. The van der Waals surface area contributed by atoms with Crippen LogP contribution < -0.4 is 9.47 Å². The molecule has 0 aliphatic carbocycles. The maximum absolute atomic E-state index is 13.1. The SMILES string of the molecule is COc1ccc([N+](=O)[O-])cc1O[C@@H](C(=O)N1CCCCC1)c1ccccc1. The first-order valence-corrected chi connectivity index (χ1v) is 8.93. The monoisotopic (exact) mass is 370 g/mol. The molecular weight excluding hydrogens is 348 g/mol. The third-order valence-corrected chi connectivity index (χ3v) is 4.60. The van der Waals surface area contributed by atoms with Gasteiger partial charge in [0, 0.05) is 24.7 Å². The van der Waals surface area contributed by atoms with Gasteiger partial charge >= 0.3 is 0 Å². The highest BCUT2D eigenvalue weighted by Crippen LogP contribution is 2.35. The smallest absolute Gasteiger partial charge is 0.273 e. The lowest BCUT2D eigenvalue weighted by Crippen LogP contribution is -2.40. The number of hydrogen-bond acceptors (Lipinski definition) is 5. The minimum Gasteiger partial charge on any atom is -0.493 e. The van der Waals surface area contributed by atoms with Gasteiger partial charge in [-0.2, -0.15) is 0 Å². The second-order valence-electron chi connectivity index (χ2n) is 6.39. The van der Waals surface area contributed by atoms with Crippen LogP contribution in [0.1, 0.15) is 30.9 Å². The zero-order chi connectivity index (χ0) is 19.2. The molecule has 2 aromatic carbocycles. The summed E-state index contributed by atoms with van der Waals surface area (Å²) in [5.41, 5.74) is 0.574. The van der Waals surface area contributed by atoms with E-state index in [1.54, 1.807) is 4.90 Å². The molecule has 2 aromatic rings. The molecule has 0 aromatic heterocycles. The first-order chi connectivity index (χ1) is 13.1. The number of rotatable bonds is 6. The number of non-ortho nitro benzene ring substituents is 1. The number of nitro benzene ring substituents is 1. The topological polar surface area (TPSA) is 81.9 Å². The summed E-state index contributed by atoms with van der Waals surface area (Å²) >= 11 is 0. The van der Waals surface area contributed by atoms with E-state index < -0.39 is 11.0 Å². The summed E-state index contributed by atoms with van der Waals surface area (Å²) in [5, 5.41) is 11.1. The fraction of sp³-hybridized carbons (Fsp3) is 0.350. The fourth-order valence-electron chi connectivity index (χ4n) is 3.17. The van der Waals surface area contributed by atoms with E-state index in [1.807, 2.05) is 30.3 Å². The molecule has 142 valence electrons. The van der Waals surface area contributed by atoms with Gasteiger partial charge in [0.2, 0.25) is 6.10 Å². The number of hydrogen-bond donors (Lipinski definition) is 0. The standard InChI is InChI=1S/C20H22N2O5/c1-26-17-11-10-16(22(24)25)14-18(17)27-19(15-8-4-2-5-9-15)20(23)21-12-6-3-7-13-21/h2,4-5,8-11,14,19H,3,6-7,12-13H2,1H3/t19-/m1/s1. The Morgan fingerprint density at radius 1 is 1.07 bits per heavy atom. The number of piperidine rings is 1. The molecule has 0 unspecified atom stereocenters. The van der Waals surface area contributed by atoms with Crippen LogP contribution in [-0.4, -0.2) is 35.9 Å². The van der Waals surface area contributed by atoms with Gasteiger partial charge in [-0.3, -0.25) is 14.9 Å². The largest absolute Gasteiger partial charge is 0.493 e. The van der Waals surface area contributed by atoms with Crippen LogP contribution in [-0.2, 0) is 4.79 Å². The second kappa shape index (κ2) is 8.53. The molecule has 0 bridgehead atoms. The Morgan fingerprint density at radius 3 is 2.41 bits per heavy atom. The van der Waals surface area contributed by atoms with Crippen molar-refractivity contribution in [3.8, 4) is 11.5 Å².